The number of nitro benzene ring substituents is 1. The predicted octanol–water partition coefficient (Wildman–Crippen LogP) is 2.61. The van der Waals surface area contributed by atoms with E-state index in [1.54, 1.807) is 6.92 Å². The second-order valence-corrected chi connectivity index (χ2v) is 7.56. The monoisotopic (exact) mass is 420 g/mol. The van der Waals surface area contributed by atoms with Gasteiger partial charge in [0.25, 0.3) is 11.6 Å². The molecule has 2 N–H and O–H groups in total. The Kier molecular flexibility index (Phi) is 8.14. The van der Waals surface area contributed by atoms with Gasteiger partial charge in [-0.3, -0.25) is 20.2 Å². The van der Waals surface area contributed by atoms with Crippen LogP contribution in [0.15, 0.2) is 18.2 Å². The minimum atomic E-state index is -0.880. The number of hydrogen-bond acceptors (Lipinski definition) is 7. The average Bonchev–Trinajstić information content (AvgIpc) is 2.71. The Morgan fingerprint density at radius 1 is 1.37 bits per heavy atom. The highest BCUT2D eigenvalue weighted by Gasteiger charge is 2.25. The van der Waals surface area contributed by atoms with Crippen molar-refractivity contribution in [3.05, 3.63) is 33.9 Å². The zero-order valence-electron chi connectivity index (χ0n) is 17.5. The average molecular weight is 420 g/mol. The molecule has 1 aliphatic rings. The Hall–Kier alpha value is -3.17. The number of esters is 1. The van der Waals surface area contributed by atoms with Crippen LogP contribution in [-0.2, 0) is 9.53 Å². The molecule has 0 saturated carbocycles. The number of carbonyl (C=O) groups is 3. The Bertz CT molecular complexity index is 812. The number of ether oxygens (including phenoxy) is 1. The summed E-state index contributed by atoms with van der Waals surface area (Å²) in [5.41, 5.74) is 0.242. The Labute approximate surface area is 175 Å². The van der Waals surface area contributed by atoms with Crippen LogP contribution in [0.3, 0.4) is 0 Å². The fraction of sp³-hybridized carbons (Fsp3) is 0.550. The molecule has 1 aliphatic heterocycles. The van der Waals surface area contributed by atoms with Crippen LogP contribution in [-0.4, -0.2) is 48.6 Å². The minimum Gasteiger partial charge on any atom is -0.452 e. The molecule has 164 valence electrons. The van der Waals surface area contributed by atoms with Gasteiger partial charge >= 0.3 is 12.0 Å². The van der Waals surface area contributed by atoms with Gasteiger partial charge in [-0.1, -0.05) is 13.8 Å². The molecule has 0 bridgehead atoms. The summed E-state index contributed by atoms with van der Waals surface area (Å²) >= 11 is 0. The first kappa shape index (κ1) is 23.1. The maximum absolute atomic E-state index is 12.2. The molecule has 30 heavy (non-hydrogen) atoms. The van der Waals surface area contributed by atoms with E-state index in [0.717, 1.165) is 18.9 Å². The zero-order valence-corrected chi connectivity index (χ0v) is 17.5. The van der Waals surface area contributed by atoms with Crippen molar-refractivity contribution in [1.82, 2.24) is 10.6 Å². The van der Waals surface area contributed by atoms with Gasteiger partial charge in [-0.15, -0.1) is 0 Å². The Morgan fingerprint density at radius 2 is 2.10 bits per heavy atom. The molecule has 1 aromatic rings. The number of nitro groups is 1. The summed E-state index contributed by atoms with van der Waals surface area (Å²) in [5, 5.41) is 16.1. The number of rotatable bonds is 7. The van der Waals surface area contributed by atoms with E-state index in [-0.39, 0.29) is 17.3 Å². The number of nitrogens with one attached hydrogen (secondary N) is 2. The van der Waals surface area contributed by atoms with Crippen molar-refractivity contribution in [2.24, 2.45) is 5.92 Å². The van der Waals surface area contributed by atoms with Crippen LogP contribution in [0.2, 0.25) is 0 Å². The molecular weight excluding hydrogens is 392 g/mol. The van der Waals surface area contributed by atoms with Crippen molar-refractivity contribution in [1.29, 1.82) is 0 Å². The maximum atomic E-state index is 12.2. The van der Waals surface area contributed by atoms with Gasteiger partial charge in [-0.05, 0) is 44.2 Å². The van der Waals surface area contributed by atoms with Gasteiger partial charge in [-0.25, -0.2) is 9.59 Å². The number of carbonyl (C=O) groups excluding carboxylic acids is 3. The number of anilines is 1. The second kappa shape index (κ2) is 10.6. The molecule has 0 aromatic heterocycles. The van der Waals surface area contributed by atoms with Crippen molar-refractivity contribution in [3.63, 3.8) is 0 Å². The molecule has 2 rings (SSSR count). The standard InChI is InChI=1S/C20H28N4O6/c1-4-14(3)21-20(27)22-18(25)12-30-19(26)15-7-8-16(17(10-15)24(28)29)23-9-5-6-13(2)11-23/h7-8,10,13-14H,4-6,9,11-12H2,1-3H3,(H2,21,22,25,27)/t13-,14+/m0/s1. The first-order valence-electron chi connectivity index (χ1n) is 10.0. The second-order valence-electron chi connectivity index (χ2n) is 7.56. The molecule has 1 heterocycles. The molecule has 0 radical (unpaired) electrons. The summed E-state index contributed by atoms with van der Waals surface area (Å²) in [6.45, 7) is 6.51. The molecule has 0 spiro atoms. The lowest BCUT2D eigenvalue weighted by Crippen LogP contribution is -2.44. The van der Waals surface area contributed by atoms with Crippen molar-refractivity contribution in [3.8, 4) is 0 Å². The van der Waals surface area contributed by atoms with Crippen molar-refractivity contribution in [2.75, 3.05) is 24.6 Å². The molecule has 3 amide bonds. The third kappa shape index (κ3) is 6.43. The Balaban J connectivity index is 2.00. The summed E-state index contributed by atoms with van der Waals surface area (Å²) in [6.07, 6.45) is 2.72. The van der Waals surface area contributed by atoms with E-state index in [2.05, 4.69) is 17.6 Å². The fourth-order valence-electron chi connectivity index (χ4n) is 3.21. The lowest BCUT2D eigenvalue weighted by molar-refractivity contribution is -0.384. The number of urea groups is 1. The van der Waals surface area contributed by atoms with Gasteiger partial charge in [-0.2, -0.15) is 0 Å². The summed E-state index contributed by atoms with van der Waals surface area (Å²) in [7, 11) is 0. The van der Waals surface area contributed by atoms with Gasteiger partial charge in [0, 0.05) is 25.2 Å². The molecule has 1 aromatic carbocycles. The summed E-state index contributed by atoms with van der Waals surface area (Å²) in [5.74, 6) is -1.24. The van der Waals surface area contributed by atoms with E-state index in [1.165, 1.54) is 12.1 Å². The number of nitrogens with zero attached hydrogens (tertiary/aromatic N) is 2. The largest absolute Gasteiger partial charge is 0.452 e. The van der Waals surface area contributed by atoms with E-state index < -0.39 is 29.4 Å². The highest BCUT2D eigenvalue weighted by atomic mass is 16.6. The van der Waals surface area contributed by atoms with E-state index in [4.69, 9.17) is 4.74 Å². The van der Waals surface area contributed by atoms with Crippen LogP contribution in [0, 0.1) is 16.0 Å². The third-order valence-corrected chi connectivity index (χ3v) is 4.98. The van der Waals surface area contributed by atoms with Crippen LogP contribution in [0.1, 0.15) is 50.4 Å². The normalized spacial score (nSPS) is 17.0. The highest BCUT2D eigenvalue weighted by Crippen LogP contribution is 2.32. The van der Waals surface area contributed by atoms with Crippen molar-refractivity contribution >= 4 is 29.3 Å². The first-order valence-corrected chi connectivity index (χ1v) is 10.0. The number of benzene rings is 1. The van der Waals surface area contributed by atoms with Crippen molar-refractivity contribution in [2.45, 2.75) is 46.1 Å². The molecule has 0 aliphatic carbocycles. The highest BCUT2D eigenvalue weighted by molar-refractivity contribution is 5.97. The summed E-state index contributed by atoms with van der Waals surface area (Å²) < 4.78 is 4.89. The quantitative estimate of drug-likeness (QED) is 0.394. The van der Waals surface area contributed by atoms with E-state index in [9.17, 15) is 24.5 Å². The van der Waals surface area contributed by atoms with Crippen LogP contribution < -0.4 is 15.5 Å². The lowest BCUT2D eigenvalue weighted by Gasteiger charge is -2.32. The molecular formula is C20H28N4O6. The molecule has 2 atom stereocenters. The first-order chi connectivity index (χ1) is 14.2. The molecule has 1 fully saturated rings. The number of amides is 3. The Morgan fingerprint density at radius 3 is 2.73 bits per heavy atom. The minimum absolute atomic E-state index is 0.0348. The molecule has 1 saturated heterocycles. The van der Waals surface area contributed by atoms with E-state index >= 15 is 0 Å². The predicted molar refractivity (Wildman–Crippen MR) is 110 cm³/mol. The number of hydrogen-bond donors (Lipinski definition) is 2. The van der Waals surface area contributed by atoms with Gasteiger partial charge in [0.2, 0.25) is 0 Å². The fourth-order valence-corrected chi connectivity index (χ4v) is 3.21. The van der Waals surface area contributed by atoms with Gasteiger partial charge in [0.1, 0.15) is 5.69 Å². The number of piperidine rings is 1. The number of imide groups is 1. The van der Waals surface area contributed by atoms with E-state index in [0.29, 0.717) is 31.1 Å². The lowest BCUT2D eigenvalue weighted by atomic mass is 9.99. The van der Waals surface area contributed by atoms with E-state index in [1.807, 2.05) is 11.8 Å². The molecule has 10 heteroatoms. The molecule has 10 nitrogen and oxygen atoms in total. The SMILES string of the molecule is CC[C@@H](C)NC(=O)NC(=O)COC(=O)c1ccc(N2CCC[C@H](C)C2)c([N+](=O)[O-])c1. The van der Waals surface area contributed by atoms with Crippen LogP contribution in [0.4, 0.5) is 16.2 Å². The van der Waals surface area contributed by atoms with Crippen LogP contribution in [0.25, 0.3) is 0 Å². The van der Waals surface area contributed by atoms with Gasteiger partial charge in [0.05, 0.1) is 10.5 Å². The maximum Gasteiger partial charge on any atom is 0.338 e. The summed E-state index contributed by atoms with van der Waals surface area (Å²) in [6, 6.07) is 3.34. The topological polar surface area (TPSA) is 131 Å². The smallest absolute Gasteiger partial charge is 0.338 e. The molecule has 0 unspecified atom stereocenters. The third-order valence-electron chi connectivity index (χ3n) is 4.98. The summed E-state index contributed by atoms with van der Waals surface area (Å²) in [4.78, 5) is 48.6. The van der Waals surface area contributed by atoms with Gasteiger partial charge in [0.15, 0.2) is 6.61 Å². The van der Waals surface area contributed by atoms with Crippen molar-refractivity contribution < 1.29 is 24.0 Å². The van der Waals surface area contributed by atoms with Crippen LogP contribution >= 0.6 is 0 Å². The zero-order chi connectivity index (χ0) is 22.3. The van der Waals surface area contributed by atoms with Crippen LogP contribution in [0.5, 0.6) is 0 Å². The van der Waals surface area contributed by atoms with Gasteiger partial charge < -0.3 is 15.0 Å².